The number of anilines is 1. The molecule has 3 aliphatic heterocycles. The number of piperidine rings is 1. The summed E-state index contributed by atoms with van der Waals surface area (Å²) in [4.78, 5) is 25.8. The minimum Gasteiger partial charge on any atom is -0.454 e. The van der Waals surface area contributed by atoms with E-state index in [1.165, 1.54) is 0 Å². The number of ether oxygens (including phenoxy) is 2. The van der Waals surface area contributed by atoms with Crippen LogP contribution < -0.4 is 25.4 Å². The Morgan fingerprint density at radius 3 is 2.89 bits per heavy atom. The molecule has 12 heteroatoms. The Morgan fingerprint density at radius 2 is 2.11 bits per heavy atom. The van der Waals surface area contributed by atoms with Crippen LogP contribution in [0.5, 0.6) is 11.5 Å². The van der Waals surface area contributed by atoms with E-state index < -0.39 is 0 Å². The third kappa shape index (κ3) is 5.56. The van der Waals surface area contributed by atoms with E-state index in [-0.39, 0.29) is 24.5 Å². The fourth-order valence-electron chi connectivity index (χ4n) is 4.81. The molecule has 1 saturated heterocycles. The molecule has 4 N–H and O–H groups in total. The summed E-state index contributed by atoms with van der Waals surface area (Å²) in [6.45, 7) is 9.35. The van der Waals surface area contributed by atoms with Crippen molar-refractivity contribution in [2.24, 2.45) is 11.7 Å². The summed E-state index contributed by atoms with van der Waals surface area (Å²) < 4.78 is 14.1. The summed E-state index contributed by atoms with van der Waals surface area (Å²) in [6.07, 6.45) is 4.52. The number of benzene rings is 1. The molecule has 0 bridgehead atoms. The van der Waals surface area contributed by atoms with Crippen molar-refractivity contribution in [1.82, 2.24) is 24.5 Å². The molecule has 1 aromatic heterocycles. The lowest BCUT2D eigenvalue weighted by Gasteiger charge is -2.40. The number of hydrogen-bond acceptors (Lipinski definition) is 8. The van der Waals surface area contributed by atoms with Crippen LogP contribution in [0, 0.1) is 5.92 Å². The lowest BCUT2D eigenvalue weighted by molar-refractivity contribution is 0.155. The Morgan fingerprint density at radius 1 is 1.33 bits per heavy atom. The Labute approximate surface area is 224 Å². The van der Waals surface area contributed by atoms with E-state index in [1.807, 2.05) is 37.8 Å². The number of nitrogens with zero attached hydrogens (tertiary/aromatic N) is 4. The van der Waals surface area contributed by atoms with Crippen molar-refractivity contribution < 1.29 is 14.3 Å². The van der Waals surface area contributed by atoms with Gasteiger partial charge in [0.25, 0.3) is 0 Å². The number of halogens is 1. The maximum absolute atomic E-state index is 12.7. The van der Waals surface area contributed by atoms with Gasteiger partial charge >= 0.3 is 6.03 Å². The summed E-state index contributed by atoms with van der Waals surface area (Å²) in [6, 6.07) is 3.95. The number of aromatic amines is 1. The number of fused-ring (bicyclic) bond motifs is 2. The predicted molar refractivity (Wildman–Crippen MR) is 143 cm³/mol. The van der Waals surface area contributed by atoms with Crippen molar-refractivity contribution in [2.45, 2.75) is 56.6 Å². The highest BCUT2D eigenvalue weighted by atomic mass is 79.9. The van der Waals surface area contributed by atoms with Crippen LogP contribution in [0.3, 0.4) is 0 Å². The minimum absolute atomic E-state index is 0.0302. The monoisotopic (exact) mass is 579 g/mol. The molecule has 2 unspecified atom stereocenters. The predicted octanol–water partition coefficient (Wildman–Crippen LogP) is 4.26. The van der Waals surface area contributed by atoms with Crippen molar-refractivity contribution in [3.8, 4) is 11.5 Å². The highest BCUT2D eigenvalue weighted by Crippen LogP contribution is 2.44. The molecule has 2 aromatic rings. The number of carbonyl (C=O) groups excluding carboxylic acids is 1. The first-order valence-corrected chi connectivity index (χ1v) is 13.9. The van der Waals surface area contributed by atoms with Gasteiger partial charge in [-0.05, 0) is 79.9 Å². The largest absolute Gasteiger partial charge is 0.454 e. The smallest absolute Gasteiger partial charge is 0.317 e. The minimum atomic E-state index is -0.327. The SMILES string of the molecule is CC(C)(C)NC(=O)N1CCCC(CCN2CN(Sc3cc4c(cc3Br)OCO4)C(N)c3[nH]cnc32)C1. The molecule has 0 aliphatic carbocycles. The van der Waals surface area contributed by atoms with Crippen LogP contribution in [0.1, 0.15) is 51.9 Å². The van der Waals surface area contributed by atoms with E-state index >= 15 is 0 Å². The number of nitrogens with one attached hydrogen (secondary N) is 2. The van der Waals surface area contributed by atoms with E-state index in [4.69, 9.17) is 15.2 Å². The summed E-state index contributed by atoms with van der Waals surface area (Å²) in [5, 5.41) is 3.10. The van der Waals surface area contributed by atoms with Crippen LogP contribution in [0.15, 0.2) is 27.8 Å². The first-order valence-electron chi connectivity index (χ1n) is 12.3. The zero-order valence-corrected chi connectivity index (χ0v) is 23.3. The average molecular weight is 581 g/mol. The fourth-order valence-corrected chi connectivity index (χ4v) is 6.33. The van der Waals surface area contributed by atoms with Crippen LogP contribution in [0.4, 0.5) is 10.6 Å². The molecule has 196 valence electrons. The molecule has 1 aromatic carbocycles. The van der Waals surface area contributed by atoms with Gasteiger partial charge in [-0.15, -0.1) is 0 Å². The van der Waals surface area contributed by atoms with Gasteiger partial charge < -0.3 is 35.3 Å². The molecule has 2 atom stereocenters. The van der Waals surface area contributed by atoms with Crippen LogP contribution in [-0.4, -0.2) is 63.8 Å². The lowest BCUT2D eigenvalue weighted by Crippen LogP contribution is -2.51. The molecule has 0 spiro atoms. The first kappa shape index (κ1) is 25.5. The van der Waals surface area contributed by atoms with Gasteiger partial charge in [0.2, 0.25) is 6.79 Å². The summed E-state index contributed by atoms with van der Waals surface area (Å²) >= 11 is 5.24. The van der Waals surface area contributed by atoms with Crippen molar-refractivity contribution in [3.63, 3.8) is 0 Å². The molecule has 2 amide bonds. The number of carbonyl (C=O) groups is 1. The molecular weight excluding hydrogens is 546 g/mol. The first-order chi connectivity index (χ1) is 17.2. The van der Waals surface area contributed by atoms with Gasteiger partial charge in [0.15, 0.2) is 17.3 Å². The van der Waals surface area contributed by atoms with Gasteiger partial charge in [0, 0.05) is 40.6 Å². The van der Waals surface area contributed by atoms with Gasteiger partial charge in [-0.3, -0.25) is 0 Å². The molecular formula is C24H34BrN7O3S. The summed E-state index contributed by atoms with van der Waals surface area (Å²) in [5.41, 5.74) is 7.30. The standard InChI is InChI=1S/C24H34BrN7O3S/c1-24(2,3)29-23(33)30-7-4-5-15(11-30)6-8-31-13-32(21(26)20-22(31)28-12-27-20)36-19-10-18-17(9-16(19)25)34-14-35-18/h9-10,12,15,21H,4-8,11,13-14,26H2,1-3H3,(H,27,28)(H,29,33). The second-order valence-electron chi connectivity index (χ2n) is 10.6. The van der Waals surface area contributed by atoms with Gasteiger partial charge in [0.05, 0.1) is 18.7 Å². The number of imidazole rings is 1. The Bertz CT molecular complexity index is 1110. The third-order valence-electron chi connectivity index (χ3n) is 6.60. The number of nitrogens with two attached hydrogens (primary N) is 1. The van der Waals surface area contributed by atoms with Gasteiger partial charge in [-0.2, -0.15) is 0 Å². The molecule has 0 saturated carbocycles. The van der Waals surface area contributed by atoms with Crippen LogP contribution in [-0.2, 0) is 0 Å². The summed E-state index contributed by atoms with van der Waals surface area (Å²) in [5.74, 6) is 2.83. The molecule has 5 rings (SSSR count). The molecule has 3 aliphatic rings. The van der Waals surface area contributed by atoms with E-state index in [0.717, 1.165) is 71.3 Å². The number of amides is 2. The molecule has 4 heterocycles. The Hall–Kier alpha value is -2.15. The molecule has 10 nitrogen and oxygen atoms in total. The second kappa shape index (κ2) is 10.3. The van der Waals surface area contributed by atoms with E-state index in [0.29, 0.717) is 12.6 Å². The number of rotatable bonds is 5. The molecule has 36 heavy (non-hydrogen) atoms. The number of likely N-dealkylation sites (tertiary alicyclic amines) is 1. The highest BCUT2D eigenvalue weighted by molar-refractivity contribution is 9.10. The number of urea groups is 1. The van der Waals surface area contributed by atoms with Gasteiger partial charge in [-0.25, -0.2) is 14.1 Å². The number of H-pyrrole nitrogens is 1. The number of aromatic nitrogens is 2. The summed E-state index contributed by atoms with van der Waals surface area (Å²) in [7, 11) is 0. The highest BCUT2D eigenvalue weighted by Gasteiger charge is 2.34. The van der Waals surface area contributed by atoms with Crippen LogP contribution in [0.25, 0.3) is 0 Å². The second-order valence-corrected chi connectivity index (χ2v) is 12.5. The maximum atomic E-state index is 12.7. The van der Waals surface area contributed by atoms with Gasteiger partial charge in [-0.1, -0.05) is 0 Å². The maximum Gasteiger partial charge on any atom is 0.317 e. The van der Waals surface area contributed by atoms with E-state index in [2.05, 4.69) is 40.4 Å². The van der Waals surface area contributed by atoms with Crippen LogP contribution in [0.2, 0.25) is 0 Å². The molecule has 0 radical (unpaired) electrons. The topological polar surface area (TPSA) is 112 Å². The Kier molecular flexibility index (Phi) is 7.30. The lowest BCUT2D eigenvalue weighted by atomic mass is 9.94. The van der Waals surface area contributed by atoms with E-state index in [9.17, 15) is 4.79 Å². The zero-order chi connectivity index (χ0) is 25.4. The Balaban J connectivity index is 1.24. The van der Waals surface area contributed by atoms with Crippen LogP contribution >= 0.6 is 27.9 Å². The number of hydrogen-bond donors (Lipinski definition) is 3. The average Bonchev–Trinajstić information content (AvgIpc) is 3.49. The van der Waals surface area contributed by atoms with Crippen molar-refractivity contribution in [1.29, 1.82) is 0 Å². The zero-order valence-electron chi connectivity index (χ0n) is 20.9. The molecule has 1 fully saturated rings. The van der Waals surface area contributed by atoms with E-state index in [1.54, 1.807) is 18.3 Å². The van der Waals surface area contributed by atoms with Gasteiger partial charge in [0.1, 0.15) is 6.17 Å². The van der Waals surface area contributed by atoms with Crippen molar-refractivity contribution >= 4 is 39.7 Å². The third-order valence-corrected chi connectivity index (χ3v) is 8.63. The van der Waals surface area contributed by atoms with Crippen molar-refractivity contribution in [3.05, 3.63) is 28.6 Å². The fraction of sp³-hybridized carbons (Fsp3) is 0.583. The quantitative estimate of drug-likeness (QED) is 0.450. The normalized spacial score (nSPS) is 22.0. The van der Waals surface area contributed by atoms with Crippen molar-refractivity contribution in [2.75, 3.05) is 38.0 Å².